The molecular weight excluding hydrogens is 164 g/mol. The molecule has 1 aliphatic rings. The molecule has 0 atom stereocenters. The first-order chi connectivity index (χ1) is 6.36. The molecule has 0 unspecified atom stereocenters. The number of unbranched alkanes of at least 4 members (excludes halogenated alkanes) is 1. The SMILES string of the molecule is CCCCN1C=CN(CCOC)C1. The van der Waals surface area contributed by atoms with Gasteiger partial charge in [0.2, 0.25) is 0 Å². The van der Waals surface area contributed by atoms with Gasteiger partial charge in [0.05, 0.1) is 13.3 Å². The Morgan fingerprint density at radius 2 is 1.92 bits per heavy atom. The third-order valence-corrected chi connectivity index (χ3v) is 2.23. The molecule has 0 radical (unpaired) electrons. The predicted octanol–water partition coefficient (Wildman–Crippen LogP) is 1.48. The fourth-order valence-electron chi connectivity index (χ4n) is 1.38. The highest BCUT2D eigenvalue weighted by molar-refractivity contribution is 4.90. The summed E-state index contributed by atoms with van der Waals surface area (Å²) in [5.41, 5.74) is 0. The van der Waals surface area contributed by atoms with Gasteiger partial charge in [0, 0.05) is 32.6 Å². The number of hydrogen-bond donors (Lipinski definition) is 0. The standard InChI is InChI=1S/C10H20N2O/c1-3-4-5-11-6-7-12(10-11)8-9-13-2/h6-7H,3-5,8-10H2,1-2H3. The van der Waals surface area contributed by atoms with Crippen LogP contribution in [0.5, 0.6) is 0 Å². The molecule has 13 heavy (non-hydrogen) atoms. The Morgan fingerprint density at radius 3 is 2.54 bits per heavy atom. The lowest BCUT2D eigenvalue weighted by Gasteiger charge is -2.20. The van der Waals surface area contributed by atoms with Crippen LogP contribution in [-0.4, -0.2) is 43.3 Å². The number of hydrogen-bond acceptors (Lipinski definition) is 3. The van der Waals surface area contributed by atoms with Gasteiger partial charge >= 0.3 is 0 Å². The topological polar surface area (TPSA) is 15.7 Å². The number of rotatable bonds is 6. The fourth-order valence-corrected chi connectivity index (χ4v) is 1.38. The zero-order valence-corrected chi connectivity index (χ0v) is 8.70. The zero-order chi connectivity index (χ0) is 9.52. The number of nitrogens with zero attached hydrogens (tertiary/aromatic N) is 2. The molecule has 3 nitrogen and oxygen atoms in total. The van der Waals surface area contributed by atoms with E-state index in [1.54, 1.807) is 7.11 Å². The first-order valence-electron chi connectivity index (χ1n) is 5.02. The summed E-state index contributed by atoms with van der Waals surface area (Å²) in [7, 11) is 1.74. The van der Waals surface area contributed by atoms with Crippen molar-refractivity contribution in [2.45, 2.75) is 19.8 Å². The molecule has 0 saturated heterocycles. The van der Waals surface area contributed by atoms with Crippen molar-refractivity contribution < 1.29 is 4.74 Å². The quantitative estimate of drug-likeness (QED) is 0.622. The molecule has 0 N–H and O–H groups in total. The summed E-state index contributed by atoms with van der Waals surface area (Å²) in [6.07, 6.45) is 6.87. The molecule has 1 heterocycles. The smallest absolute Gasteiger partial charge is 0.0894 e. The van der Waals surface area contributed by atoms with Gasteiger partial charge < -0.3 is 14.5 Å². The highest BCUT2D eigenvalue weighted by atomic mass is 16.5. The van der Waals surface area contributed by atoms with Crippen molar-refractivity contribution in [1.82, 2.24) is 9.80 Å². The Balaban J connectivity index is 2.10. The maximum Gasteiger partial charge on any atom is 0.0894 e. The lowest BCUT2D eigenvalue weighted by molar-refractivity contribution is 0.157. The largest absolute Gasteiger partial charge is 0.383 e. The predicted molar refractivity (Wildman–Crippen MR) is 54.2 cm³/mol. The molecule has 0 bridgehead atoms. The monoisotopic (exact) mass is 184 g/mol. The van der Waals surface area contributed by atoms with E-state index in [0.29, 0.717) is 0 Å². The van der Waals surface area contributed by atoms with Gasteiger partial charge in [0.25, 0.3) is 0 Å². The van der Waals surface area contributed by atoms with Crippen LogP contribution < -0.4 is 0 Å². The van der Waals surface area contributed by atoms with Crippen molar-refractivity contribution in [2.24, 2.45) is 0 Å². The summed E-state index contributed by atoms with van der Waals surface area (Å²) < 4.78 is 5.03. The number of ether oxygens (including phenoxy) is 1. The van der Waals surface area contributed by atoms with Crippen molar-refractivity contribution in [3.8, 4) is 0 Å². The van der Waals surface area contributed by atoms with Crippen LogP contribution in [0.2, 0.25) is 0 Å². The lowest BCUT2D eigenvalue weighted by Crippen LogP contribution is -2.28. The first-order valence-corrected chi connectivity index (χ1v) is 5.02. The van der Waals surface area contributed by atoms with Crippen molar-refractivity contribution in [2.75, 3.05) is 33.5 Å². The van der Waals surface area contributed by atoms with Crippen LogP contribution in [0, 0.1) is 0 Å². The van der Waals surface area contributed by atoms with Crippen molar-refractivity contribution >= 4 is 0 Å². The molecule has 0 aromatic carbocycles. The summed E-state index contributed by atoms with van der Waals surface area (Å²) in [5, 5.41) is 0. The van der Waals surface area contributed by atoms with Gasteiger partial charge in [-0.3, -0.25) is 0 Å². The van der Waals surface area contributed by atoms with E-state index in [4.69, 9.17) is 4.74 Å². The molecule has 1 rings (SSSR count). The summed E-state index contributed by atoms with van der Waals surface area (Å²) >= 11 is 0. The minimum atomic E-state index is 0.811. The zero-order valence-electron chi connectivity index (χ0n) is 8.70. The highest BCUT2D eigenvalue weighted by Crippen LogP contribution is 2.06. The van der Waals surface area contributed by atoms with E-state index in [1.807, 2.05) is 0 Å². The van der Waals surface area contributed by atoms with Crippen LogP contribution in [0.15, 0.2) is 12.4 Å². The van der Waals surface area contributed by atoms with Crippen LogP contribution in [0.1, 0.15) is 19.8 Å². The second kappa shape index (κ2) is 5.86. The van der Waals surface area contributed by atoms with Crippen LogP contribution in [-0.2, 0) is 4.74 Å². The first kappa shape index (κ1) is 10.4. The van der Waals surface area contributed by atoms with E-state index in [2.05, 4.69) is 29.1 Å². The normalized spacial score (nSPS) is 15.8. The molecule has 1 aliphatic heterocycles. The van der Waals surface area contributed by atoms with Gasteiger partial charge in [-0.15, -0.1) is 0 Å². The van der Waals surface area contributed by atoms with Crippen LogP contribution in [0.3, 0.4) is 0 Å². The van der Waals surface area contributed by atoms with Crippen molar-refractivity contribution in [1.29, 1.82) is 0 Å². The molecule has 0 aromatic rings. The third kappa shape index (κ3) is 3.68. The van der Waals surface area contributed by atoms with Gasteiger partial charge in [-0.25, -0.2) is 0 Å². The lowest BCUT2D eigenvalue weighted by atomic mass is 10.3. The molecule has 0 fully saturated rings. The summed E-state index contributed by atoms with van der Waals surface area (Å²) in [5.74, 6) is 0. The maximum atomic E-state index is 5.03. The molecule has 3 heteroatoms. The molecule has 0 saturated carbocycles. The van der Waals surface area contributed by atoms with Crippen molar-refractivity contribution in [3.63, 3.8) is 0 Å². The Morgan fingerprint density at radius 1 is 1.23 bits per heavy atom. The van der Waals surface area contributed by atoms with Gasteiger partial charge in [-0.2, -0.15) is 0 Å². The molecule has 0 spiro atoms. The molecule has 0 aromatic heterocycles. The average Bonchev–Trinajstić information content (AvgIpc) is 2.59. The minimum Gasteiger partial charge on any atom is -0.383 e. The van der Waals surface area contributed by atoms with Crippen LogP contribution >= 0.6 is 0 Å². The van der Waals surface area contributed by atoms with Crippen LogP contribution in [0.4, 0.5) is 0 Å². The maximum absolute atomic E-state index is 5.03. The van der Waals surface area contributed by atoms with Gasteiger partial charge in [0.1, 0.15) is 0 Å². The molecule has 0 amide bonds. The Kier molecular flexibility index (Phi) is 4.68. The molecule has 0 aliphatic carbocycles. The van der Waals surface area contributed by atoms with Gasteiger partial charge in [-0.05, 0) is 6.42 Å². The second-order valence-corrected chi connectivity index (χ2v) is 3.41. The summed E-state index contributed by atoms with van der Waals surface area (Å²) in [6, 6.07) is 0. The summed E-state index contributed by atoms with van der Waals surface area (Å²) in [4.78, 5) is 4.62. The van der Waals surface area contributed by atoms with Crippen molar-refractivity contribution in [3.05, 3.63) is 12.4 Å². The van der Waals surface area contributed by atoms with E-state index in [0.717, 1.165) is 19.8 Å². The van der Waals surface area contributed by atoms with Gasteiger partial charge in [0.15, 0.2) is 0 Å². The van der Waals surface area contributed by atoms with Crippen LogP contribution in [0.25, 0.3) is 0 Å². The fraction of sp³-hybridized carbons (Fsp3) is 0.800. The molecular formula is C10H20N2O. The van der Waals surface area contributed by atoms with E-state index in [9.17, 15) is 0 Å². The third-order valence-electron chi connectivity index (χ3n) is 2.23. The van der Waals surface area contributed by atoms with E-state index in [-0.39, 0.29) is 0 Å². The Labute approximate surface area is 81.0 Å². The summed E-state index contributed by atoms with van der Waals surface area (Å²) in [6.45, 7) is 6.24. The average molecular weight is 184 g/mol. The Hall–Kier alpha value is -0.700. The molecule has 76 valence electrons. The number of methoxy groups -OCH3 is 1. The highest BCUT2D eigenvalue weighted by Gasteiger charge is 2.10. The van der Waals surface area contributed by atoms with E-state index >= 15 is 0 Å². The minimum absolute atomic E-state index is 0.811. The second-order valence-electron chi connectivity index (χ2n) is 3.41. The van der Waals surface area contributed by atoms with E-state index < -0.39 is 0 Å². The van der Waals surface area contributed by atoms with E-state index in [1.165, 1.54) is 19.4 Å². The Bertz CT molecular complexity index is 143. The van der Waals surface area contributed by atoms with Gasteiger partial charge in [-0.1, -0.05) is 13.3 Å².